The number of alkyl carbamates (subject to hydrolysis) is 1. The maximum Gasteiger partial charge on any atom is 0.407 e. The van der Waals surface area contributed by atoms with Crippen LogP contribution in [0.3, 0.4) is 0 Å². The Morgan fingerprint density at radius 1 is 1.00 bits per heavy atom. The van der Waals surface area contributed by atoms with E-state index in [0.717, 1.165) is 25.7 Å². The second-order valence-electron chi connectivity index (χ2n) is 7.83. The lowest BCUT2D eigenvalue weighted by Crippen LogP contribution is -2.47. The first-order chi connectivity index (χ1) is 13.6. The first-order valence-corrected chi connectivity index (χ1v) is 9.93. The van der Waals surface area contributed by atoms with Gasteiger partial charge in [0, 0.05) is 17.9 Å². The van der Waals surface area contributed by atoms with Gasteiger partial charge in [-0.2, -0.15) is 0 Å². The highest BCUT2D eigenvalue weighted by Gasteiger charge is 2.36. The van der Waals surface area contributed by atoms with Gasteiger partial charge in [-0.05, 0) is 41.5 Å². The molecule has 0 aromatic heterocycles. The quantitative estimate of drug-likeness (QED) is 0.763. The summed E-state index contributed by atoms with van der Waals surface area (Å²) in [4.78, 5) is 23.5. The Balaban J connectivity index is 1.44. The van der Waals surface area contributed by atoms with Crippen LogP contribution in [-0.2, 0) is 9.53 Å². The van der Waals surface area contributed by atoms with Crippen molar-refractivity contribution in [1.29, 1.82) is 0 Å². The van der Waals surface area contributed by atoms with Gasteiger partial charge in [0.05, 0.1) is 0 Å². The van der Waals surface area contributed by atoms with Crippen LogP contribution in [0.1, 0.15) is 55.6 Å². The summed E-state index contributed by atoms with van der Waals surface area (Å²) in [5.41, 5.74) is 4.30. The number of carbonyl (C=O) groups is 2. The Morgan fingerprint density at radius 2 is 1.57 bits per heavy atom. The maximum atomic E-state index is 12.5. The van der Waals surface area contributed by atoms with E-state index in [0.29, 0.717) is 6.42 Å². The molecule has 2 aliphatic rings. The molecule has 2 aliphatic carbocycles. The van der Waals surface area contributed by atoms with Crippen LogP contribution in [0.15, 0.2) is 48.5 Å². The molecule has 0 aliphatic heterocycles. The summed E-state index contributed by atoms with van der Waals surface area (Å²) in [6.07, 6.45) is 3.69. The van der Waals surface area contributed by atoms with Crippen LogP contribution < -0.4 is 5.32 Å². The Labute approximate surface area is 164 Å². The highest BCUT2D eigenvalue weighted by atomic mass is 16.5. The van der Waals surface area contributed by atoms with Crippen LogP contribution in [-0.4, -0.2) is 29.3 Å². The molecule has 0 unspecified atom stereocenters. The van der Waals surface area contributed by atoms with Gasteiger partial charge >= 0.3 is 12.1 Å². The lowest BCUT2D eigenvalue weighted by Gasteiger charge is -2.29. The standard InChI is InChI=1S/C23H25NO4/c25-21(26)11-14-23(12-5-6-13-23)24-22(27)28-15-20-18-9-3-1-7-16(18)17-8-2-4-10-19(17)20/h1-4,7-10,20H,5-6,11-15H2,(H,24,27)(H,25,26). The minimum absolute atomic E-state index is 0.0247. The summed E-state index contributed by atoms with van der Waals surface area (Å²) >= 11 is 0. The Kier molecular flexibility index (Phi) is 5.07. The molecule has 0 spiro atoms. The van der Waals surface area contributed by atoms with Gasteiger partial charge in [0.15, 0.2) is 0 Å². The van der Waals surface area contributed by atoms with E-state index in [-0.39, 0.29) is 18.9 Å². The van der Waals surface area contributed by atoms with E-state index in [4.69, 9.17) is 9.84 Å². The molecule has 1 fully saturated rings. The van der Waals surface area contributed by atoms with Crippen molar-refractivity contribution in [1.82, 2.24) is 5.32 Å². The largest absolute Gasteiger partial charge is 0.481 e. The first-order valence-electron chi connectivity index (χ1n) is 9.93. The molecule has 2 N–H and O–H groups in total. The molecule has 0 heterocycles. The van der Waals surface area contributed by atoms with Crippen molar-refractivity contribution in [3.05, 3.63) is 59.7 Å². The molecule has 0 bridgehead atoms. The molecule has 5 heteroatoms. The number of ether oxygens (including phenoxy) is 1. The summed E-state index contributed by atoms with van der Waals surface area (Å²) in [7, 11) is 0. The molecular formula is C23H25NO4. The molecule has 1 saturated carbocycles. The second-order valence-corrected chi connectivity index (χ2v) is 7.83. The second kappa shape index (κ2) is 7.66. The lowest BCUT2D eigenvalue weighted by molar-refractivity contribution is -0.137. The molecular weight excluding hydrogens is 354 g/mol. The number of carboxylic acid groups (broad SMARTS) is 1. The topological polar surface area (TPSA) is 75.6 Å². The normalized spacial score (nSPS) is 17.0. The fourth-order valence-electron chi connectivity index (χ4n) is 4.69. The van der Waals surface area contributed by atoms with Crippen molar-refractivity contribution >= 4 is 12.1 Å². The molecule has 0 saturated heterocycles. The third kappa shape index (κ3) is 3.61. The number of fused-ring (bicyclic) bond motifs is 3. The number of aliphatic carboxylic acids is 1. The third-order valence-corrected chi connectivity index (χ3v) is 6.09. The monoisotopic (exact) mass is 379 g/mol. The van der Waals surface area contributed by atoms with E-state index in [1.165, 1.54) is 22.3 Å². The smallest absolute Gasteiger partial charge is 0.407 e. The Hall–Kier alpha value is -2.82. The zero-order valence-electron chi connectivity index (χ0n) is 15.8. The molecule has 0 radical (unpaired) electrons. The molecule has 2 aromatic carbocycles. The fourth-order valence-corrected chi connectivity index (χ4v) is 4.69. The van der Waals surface area contributed by atoms with E-state index in [9.17, 15) is 9.59 Å². The van der Waals surface area contributed by atoms with Crippen molar-refractivity contribution in [2.24, 2.45) is 0 Å². The van der Waals surface area contributed by atoms with Gasteiger partial charge in [0.1, 0.15) is 6.61 Å². The third-order valence-electron chi connectivity index (χ3n) is 6.09. The van der Waals surface area contributed by atoms with E-state index in [1.54, 1.807) is 0 Å². The van der Waals surface area contributed by atoms with Gasteiger partial charge in [-0.1, -0.05) is 61.4 Å². The van der Waals surface area contributed by atoms with E-state index < -0.39 is 17.6 Å². The summed E-state index contributed by atoms with van der Waals surface area (Å²) in [5, 5.41) is 12.0. The number of benzene rings is 2. The van der Waals surface area contributed by atoms with Crippen molar-refractivity contribution in [3.63, 3.8) is 0 Å². The molecule has 2 aromatic rings. The predicted molar refractivity (Wildman–Crippen MR) is 106 cm³/mol. The first kappa shape index (κ1) is 18.5. The molecule has 28 heavy (non-hydrogen) atoms. The van der Waals surface area contributed by atoms with Crippen molar-refractivity contribution in [2.75, 3.05) is 6.61 Å². The highest BCUT2D eigenvalue weighted by Crippen LogP contribution is 2.44. The van der Waals surface area contributed by atoms with Crippen molar-refractivity contribution < 1.29 is 19.4 Å². The molecule has 4 rings (SSSR count). The van der Waals surface area contributed by atoms with Crippen LogP contribution >= 0.6 is 0 Å². The van der Waals surface area contributed by atoms with Crippen molar-refractivity contribution in [2.45, 2.75) is 50.0 Å². The summed E-state index contributed by atoms with van der Waals surface area (Å²) in [6.45, 7) is 0.273. The number of carboxylic acids is 1. The van der Waals surface area contributed by atoms with Gasteiger partial charge in [-0.15, -0.1) is 0 Å². The number of hydrogen-bond donors (Lipinski definition) is 2. The maximum absolute atomic E-state index is 12.5. The van der Waals surface area contributed by atoms with Crippen LogP contribution in [0.2, 0.25) is 0 Å². The van der Waals surface area contributed by atoms with Gasteiger partial charge in [-0.3, -0.25) is 4.79 Å². The number of rotatable bonds is 6. The molecule has 0 atom stereocenters. The summed E-state index contributed by atoms with van der Waals surface area (Å²) < 4.78 is 5.64. The number of amides is 1. The van der Waals surface area contributed by atoms with E-state index >= 15 is 0 Å². The predicted octanol–water partition coefficient (Wildman–Crippen LogP) is 4.70. The number of carbonyl (C=O) groups excluding carboxylic acids is 1. The zero-order chi connectivity index (χ0) is 19.6. The van der Waals surface area contributed by atoms with Crippen LogP contribution in [0.25, 0.3) is 11.1 Å². The number of nitrogens with one attached hydrogen (secondary N) is 1. The van der Waals surface area contributed by atoms with E-state index in [1.807, 2.05) is 24.3 Å². The minimum Gasteiger partial charge on any atom is -0.481 e. The van der Waals surface area contributed by atoms with Crippen molar-refractivity contribution in [3.8, 4) is 11.1 Å². The van der Waals surface area contributed by atoms with Gasteiger partial charge < -0.3 is 15.2 Å². The molecule has 146 valence electrons. The Morgan fingerprint density at radius 3 is 2.14 bits per heavy atom. The van der Waals surface area contributed by atoms with Gasteiger partial charge in [-0.25, -0.2) is 4.79 Å². The van der Waals surface area contributed by atoms with Gasteiger partial charge in [0.2, 0.25) is 0 Å². The number of hydrogen-bond acceptors (Lipinski definition) is 3. The molecule has 5 nitrogen and oxygen atoms in total. The lowest BCUT2D eigenvalue weighted by atomic mass is 9.92. The average molecular weight is 379 g/mol. The Bertz CT molecular complexity index is 840. The van der Waals surface area contributed by atoms with Gasteiger partial charge in [0.25, 0.3) is 0 Å². The van der Waals surface area contributed by atoms with E-state index in [2.05, 4.69) is 29.6 Å². The zero-order valence-corrected chi connectivity index (χ0v) is 15.8. The fraction of sp³-hybridized carbons (Fsp3) is 0.391. The minimum atomic E-state index is -0.833. The SMILES string of the molecule is O=C(O)CCC1(NC(=O)OCC2c3ccccc3-c3ccccc32)CCCC1. The summed E-state index contributed by atoms with van der Waals surface area (Å²) in [6, 6.07) is 16.5. The van der Waals surface area contributed by atoms with Crippen LogP contribution in [0.5, 0.6) is 0 Å². The van der Waals surface area contributed by atoms with Crippen LogP contribution in [0, 0.1) is 0 Å². The highest BCUT2D eigenvalue weighted by molar-refractivity contribution is 5.79. The molecule has 1 amide bonds. The average Bonchev–Trinajstić information content (AvgIpc) is 3.28. The van der Waals surface area contributed by atoms with Crippen LogP contribution in [0.4, 0.5) is 4.79 Å². The summed E-state index contributed by atoms with van der Waals surface area (Å²) in [5.74, 6) is -0.808.